The number of carbonyl (C=O) groups is 2. The fourth-order valence-electron chi connectivity index (χ4n) is 1.62. The van der Waals surface area contributed by atoms with Gasteiger partial charge in [-0.3, -0.25) is 4.79 Å². The Bertz CT molecular complexity index is 447. The first-order chi connectivity index (χ1) is 8.65. The Labute approximate surface area is 104 Å². The number of benzene rings is 1. The van der Waals surface area contributed by atoms with Gasteiger partial charge in [-0.05, 0) is 24.3 Å². The fraction of sp³-hybridized carbons (Fsp3) is 0.333. The lowest BCUT2D eigenvalue weighted by Gasteiger charge is -2.12. The van der Waals surface area contributed by atoms with E-state index >= 15 is 0 Å². The lowest BCUT2D eigenvalue weighted by molar-refractivity contribution is -0.116. The van der Waals surface area contributed by atoms with E-state index in [0.717, 1.165) is 0 Å². The number of nitrogens with zero attached hydrogens (tertiary/aromatic N) is 1. The van der Waals surface area contributed by atoms with Crippen LogP contribution in [0.1, 0.15) is 6.42 Å². The van der Waals surface area contributed by atoms with Crippen LogP contribution in [-0.2, 0) is 9.53 Å². The van der Waals surface area contributed by atoms with Crippen molar-refractivity contribution >= 4 is 17.7 Å². The standard InChI is InChI=1S/C12H13FN2O3/c13-9-1-3-10(4-2-9)14-11(16)5-6-15-7-8-18-12(15)17/h1-4H,5-8H2,(H,14,16). The molecule has 6 heteroatoms. The van der Waals surface area contributed by atoms with Crippen LogP contribution in [0, 0.1) is 5.82 Å². The van der Waals surface area contributed by atoms with Gasteiger partial charge in [-0.2, -0.15) is 0 Å². The zero-order valence-electron chi connectivity index (χ0n) is 9.69. The van der Waals surface area contributed by atoms with Crippen LogP contribution in [0.25, 0.3) is 0 Å². The van der Waals surface area contributed by atoms with Gasteiger partial charge >= 0.3 is 6.09 Å². The van der Waals surface area contributed by atoms with Crippen molar-refractivity contribution < 1.29 is 18.7 Å². The van der Waals surface area contributed by atoms with Crippen LogP contribution in [0.15, 0.2) is 24.3 Å². The van der Waals surface area contributed by atoms with E-state index in [9.17, 15) is 14.0 Å². The average molecular weight is 252 g/mol. The molecule has 0 spiro atoms. The van der Waals surface area contributed by atoms with E-state index in [1.807, 2.05) is 0 Å². The number of hydrogen-bond acceptors (Lipinski definition) is 3. The summed E-state index contributed by atoms with van der Waals surface area (Å²) in [5, 5.41) is 2.62. The van der Waals surface area contributed by atoms with Crippen LogP contribution in [0.5, 0.6) is 0 Å². The van der Waals surface area contributed by atoms with Gasteiger partial charge in [0.1, 0.15) is 12.4 Å². The van der Waals surface area contributed by atoms with Crippen molar-refractivity contribution in [2.75, 3.05) is 25.0 Å². The number of halogens is 1. The van der Waals surface area contributed by atoms with Crippen LogP contribution in [-0.4, -0.2) is 36.6 Å². The third kappa shape index (κ3) is 3.19. The van der Waals surface area contributed by atoms with Gasteiger partial charge < -0.3 is 15.0 Å². The van der Waals surface area contributed by atoms with Crippen molar-refractivity contribution in [1.82, 2.24) is 4.90 Å². The minimum absolute atomic E-state index is 0.187. The van der Waals surface area contributed by atoms with Gasteiger partial charge in [0.2, 0.25) is 5.91 Å². The largest absolute Gasteiger partial charge is 0.448 e. The molecule has 0 aromatic heterocycles. The summed E-state index contributed by atoms with van der Waals surface area (Å²) in [5.74, 6) is -0.575. The Morgan fingerprint density at radius 3 is 2.72 bits per heavy atom. The van der Waals surface area contributed by atoms with Crippen molar-refractivity contribution in [2.24, 2.45) is 0 Å². The zero-order chi connectivity index (χ0) is 13.0. The molecule has 5 nitrogen and oxygen atoms in total. The van der Waals surface area contributed by atoms with Crippen molar-refractivity contribution in [3.8, 4) is 0 Å². The highest BCUT2D eigenvalue weighted by Crippen LogP contribution is 2.09. The zero-order valence-corrected chi connectivity index (χ0v) is 9.69. The first kappa shape index (κ1) is 12.3. The number of nitrogens with one attached hydrogen (secondary N) is 1. The smallest absolute Gasteiger partial charge is 0.409 e. The maximum Gasteiger partial charge on any atom is 0.409 e. The Morgan fingerprint density at radius 1 is 1.39 bits per heavy atom. The van der Waals surface area contributed by atoms with Crippen molar-refractivity contribution in [3.05, 3.63) is 30.1 Å². The monoisotopic (exact) mass is 252 g/mol. The first-order valence-corrected chi connectivity index (χ1v) is 5.62. The molecule has 2 rings (SSSR count). The van der Waals surface area contributed by atoms with Gasteiger partial charge in [0, 0.05) is 18.7 Å². The molecule has 1 aliphatic heterocycles. The lowest BCUT2D eigenvalue weighted by Crippen LogP contribution is -2.28. The molecular weight excluding hydrogens is 239 g/mol. The molecule has 96 valence electrons. The van der Waals surface area contributed by atoms with E-state index in [1.54, 1.807) is 0 Å². The van der Waals surface area contributed by atoms with Gasteiger partial charge in [-0.1, -0.05) is 0 Å². The molecule has 1 aliphatic rings. The minimum Gasteiger partial charge on any atom is -0.448 e. The summed E-state index contributed by atoms with van der Waals surface area (Å²) in [6.45, 7) is 1.22. The molecular formula is C12H13FN2O3. The van der Waals surface area contributed by atoms with E-state index in [4.69, 9.17) is 4.74 Å². The molecule has 0 unspecified atom stereocenters. The van der Waals surface area contributed by atoms with Crippen LogP contribution in [0.4, 0.5) is 14.9 Å². The maximum absolute atomic E-state index is 12.6. The predicted molar refractivity (Wildman–Crippen MR) is 62.6 cm³/mol. The Kier molecular flexibility index (Phi) is 3.76. The molecule has 1 saturated heterocycles. The summed E-state index contributed by atoms with van der Waals surface area (Å²) < 4.78 is 17.4. The number of ether oxygens (including phenoxy) is 1. The molecule has 0 radical (unpaired) electrons. The van der Waals surface area contributed by atoms with E-state index in [2.05, 4.69) is 5.32 Å². The molecule has 18 heavy (non-hydrogen) atoms. The summed E-state index contributed by atoms with van der Waals surface area (Å²) >= 11 is 0. The van der Waals surface area contributed by atoms with E-state index in [0.29, 0.717) is 25.4 Å². The number of carbonyl (C=O) groups excluding carboxylic acids is 2. The molecule has 1 N–H and O–H groups in total. The second kappa shape index (κ2) is 5.48. The highest BCUT2D eigenvalue weighted by Gasteiger charge is 2.21. The fourth-order valence-corrected chi connectivity index (χ4v) is 1.62. The van der Waals surface area contributed by atoms with Crippen LogP contribution in [0.3, 0.4) is 0 Å². The molecule has 1 heterocycles. The summed E-state index contributed by atoms with van der Waals surface area (Å²) in [6, 6.07) is 5.51. The third-order valence-electron chi connectivity index (χ3n) is 2.58. The predicted octanol–water partition coefficient (Wildman–Crippen LogP) is 1.61. The van der Waals surface area contributed by atoms with Gasteiger partial charge in [0.25, 0.3) is 0 Å². The van der Waals surface area contributed by atoms with Crippen molar-refractivity contribution in [2.45, 2.75) is 6.42 Å². The maximum atomic E-state index is 12.6. The SMILES string of the molecule is O=C(CCN1CCOC1=O)Nc1ccc(F)cc1. The van der Waals surface area contributed by atoms with Gasteiger partial charge in [-0.25, -0.2) is 9.18 Å². The first-order valence-electron chi connectivity index (χ1n) is 5.62. The van der Waals surface area contributed by atoms with E-state index in [-0.39, 0.29) is 24.2 Å². The van der Waals surface area contributed by atoms with Gasteiger partial charge in [0.05, 0.1) is 6.54 Å². The molecule has 0 bridgehead atoms. The van der Waals surface area contributed by atoms with Gasteiger partial charge in [0.15, 0.2) is 0 Å². The molecule has 0 saturated carbocycles. The lowest BCUT2D eigenvalue weighted by atomic mass is 10.3. The summed E-state index contributed by atoms with van der Waals surface area (Å²) in [4.78, 5) is 24.2. The Morgan fingerprint density at radius 2 is 2.11 bits per heavy atom. The van der Waals surface area contributed by atoms with Crippen LogP contribution in [0.2, 0.25) is 0 Å². The number of amides is 2. The van der Waals surface area contributed by atoms with Crippen molar-refractivity contribution in [3.63, 3.8) is 0 Å². The average Bonchev–Trinajstić information content (AvgIpc) is 2.75. The molecule has 2 amide bonds. The molecule has 0 aliphatic carbocycles. The van der Waals surface area contributed by atoms with Crippen molar-refractivity contribution in [1.29, 1.82) is 0 Å². The number of cyclic esters (lactones) is 1. The number of hydrogen-bond donors (Lipinski definition) is 1. The summed E-state index contributed by atoms with van der Waals surface area (Å²) in [6.07, 6.45) is -0.198. The quantitative estimate of drug-likeness (QED) is 0.885. The second-order valence-electron chi connectivity index (χ2n) is 3.91. The highest BCUT2D eigenvalue weighted by molar-refractivity contribution is 5.91. The third-order valence-corrected chi connectivity index (χ3v) is 2.58. The Balaban J connectivity index is 1.78. The minimum atomic E-state index is -0.385. The normalized spacial score (nSPS) is 14.5. The van der Waals surface area contributed by atoms with Crippen LogP contribution >= 0.6 is 0 Å². The van der Waals surface area contributed by atoms with Crippen LogP contribution < -0.4 is 5.32 Å². The van der Waals surface area contributed by atoms with E-state index in [1.165, 1.54) is 29.2 Å². The molecule has 1 aromatic carbocycles. The van der Waals surface area contributed by atoms with Gasteiger partial charge in [-0.15, -0.1) is 0 Å². The summed E-state index contributed by atoms with van der Waals surface area (Å²) in [5.41, 5.74) is 0.533. The molecule has 1 fully saturated rings. The van der Waals surface area contributed by atoms with E-state index < -0.39 is 0 Å². The number of rotatable bonds is 4. The molecule has 0 atom stereocenters. The second-order valence-corrected chi connectivity index (χ2v) is 3.91. The highest BCUT2D eigenvalue weighted by atomic mass is 19.1. The Hall–Kier alpha value is -2.11. The molecule has 1 aromatic rings. The number of anilines is 1. The summed E-state index contributed by atoms with van der Waals surface area (Å²) in [7, 11) is 0. The topological polar surface area (TPSA) is 58.6 Å².